The van der Waals surface area contributed by atoms with Gasteiger partial charge in [0, 0.05) is 14.1 Å². The van der Waals surface area contributed by atoms with E-state index in [1.807, 2.05) is 30.3 Å². The SMILES string of the molecule is CN(C)S(=O)(=O)c1ccc(OCCOC(=O)C2(c3ccccc3)CCC2)cc1. The largest absolute Gasteiger partial charge is 0.490 e. The molecule has 0 heterocycles. The maximum Gasteiger partial charge on any atom is 0.316 e. The minimum atomic E-state index is -3.46. The number of rotatable bonds is 8. The zero-order valence-electron chi connectivity index (χ0n) is 16.1. The van der Waals surface area contributed by atoms with Crippen LogP contribution in [0.2, 0.25) is 0 Å². The van der Waals surface area contributed by atoms with Gasteiger partial charge in [0.25, 0.3) is 0 Å². The fourth-order valence-corrected chi connectivity index (χ4v) is 4.15. The summed E-state index contributed by atoms with van der Waals surface area (Å²) in [6.07, 6.45) is 2.62. The second-order valence-corrected chi connectivity index (χ2v) is 9.20. The Labute approximate surface area is 166 Å². The number of benzene rings is 2. The molecule has 1 aliphatic carbocycles. The highest BCUT2D eigenvalue weighted by Gasteiger charge is 2.46. The fourth-order valence-electron chi connectivity index (χ4n) is 3.25. The molecule has 7 heteroatoms. The monoisotopic (exact) mass is 403 g/mol. The highest BCUT2D eigenvalue weighted by Crippen LogP contribution is 2.44. The molecule has 0 saturated heterocycles. The molecule has 28 heavy (non-hydrogen) atoms. The van der Waals surface area contributed by atoms with Crippen LogP contribution in [0.5, 0.6) is 5.75 Å². The molecule has 1 fully saturated rings. The van der Waals surface area contributed by atoms with E-state index in [9.17, 15) is 13.2 Å². The van der Waals surface area contributed by atoms with E-state index in [1.54, 1.807) is 12.1 Å². The molecule has 2 aromatic carbocycles. The molecule has 0 atom stereocenters. The predicted molar refractivity (Wildman–Crippen MR) is 106 cm³/mol. The van der Waals surface area contributed by atoms with Gasteiger partial charge in [-0.1, -0.05) is 36.8 Å². The number of ether oxygens (including phenoxy) is 2. The third-order valence-electron chi connectivity index (χ3n) is 5.11. The van der Waals surface area contributed by atoms with E-state index in [1.165, 1.54) is 26.2 Å². The standard InChI is InChI=1S/C21H25NO5S/c1-22(2)28(24,25)19-11-9-18(10-12-19)26-15-16-27-20(23)21(13-6-14-21)17-7-4-3-5-8-17/h3-5,7-12H,6,13-16H2,1-2H3. The van der Waals surface area contributed by atoms with Crippen molar-refractivity contribution in [3.8, 4) is 5.75 Å². The molecule has 1 aliphatic rings. The van der Waals surface area contributed by atoms with Crippen LogP contribution >= 0.6 is 0 Å². The van der Waals surface area contributed by atoms with Crippen molar-refractivity contribution in [3.63, 3.8) is 0 Å². The molecule has 3 rings (SSSR count). The van der Waals surface area contributed by atoms with Crippen LogP contribution in [0.25, 0.3) is 0 Å². The molecule has 0 spiro atoms. The first-order chi connectivity index (χ1) is 13.4. The number of esters is 1. The molecule has 0 bridgehead atoms. The number of carbonyl (C=O) groups is 1. The van der Waals surface area contributed by atoms with Crippen molar-refractivity contribution in [1.82, 2.24) is 4.31 Å². The van der Waals surface area contributed by atoms with Gasteiger partial charge >= 0.3 is 5.97 Å². The van der Waals surface area contributed by atoms with Gasteiger partial charge in [-0.15, -0.1) is 0 Å². The van der Waals surface area contributed by atoms with E-state index in [0.29, 0.717) is 5.75 Å². The first kappa shape index (κ1) is 20.4. The van der Waals surface area contributed by atoms with Crippen molar-refractivity contribution in [2.24, 2.45) is 0 Å². The molecule has 150 valence electrons. The molecule has 6 nitrogen and oxygen atoms in total. The van der Waals surface area contributed by atoms with E-state index in [0.717, 1.165) is 29.1 Å². The molecule has 1 saturated carbocycles. The highest BCUT2D eigenvalue weighted by molar-refractivity contribution is 7.89. The number of sulfonamides is 1. The smallest absolute Gasteiger partial charge is 0.316 e. The summed E-state index contributed by atoms with van der Waals surface area (Å²) in [6.45, 7) is 0.349. The lowest BCUT2D eigenvalue weighted by molar-refractivity contribution is -0.155. The number of hydrogen-bond acceptors (Lipinski definition) is 5. The van der Waals surface area contributed by atoms with Crippen LogP contribution in [0, 0.1) is 0 Å². The van der Waals surface area contributed by atoms with Gasteiger partial charge < -0.3 is 9.47 Å². The zero-order valence-corrected chi connectivity index (χ0v) is 16.9. The van der Waals surface area contributed by atoms with E-state index < -0.39 is 15.4 Å². The summed E-state index contributed by atoms with van der Waals surface area (Å²) in [5.74, 6) is 0.316. The van der Waals surface area contributed by atoms with Gasteiger partial charge in [-0.3, -0.25) is 4.79 Å². The van der Waals surface area contributed by atoms with Gasteiger partial charge in [0.15, 0.2) is 0 Å². The Morgan fingerprint density at radius 2 is 1.64 bits per heavy atom. The van der Waals surface area contributed by atoms with Crippen LogP contribution < -0.4 is 4.74 Å². The normalized spacial score (nSPS) is 15.7. The molecular weight excluding hydrogens is 378 g/mol. The van der Waals surface area contributed by atoms with Crippen molar-refractivity contribution in [2.45, 2.75) is 29.6 Å². The first-order valence-electron chi connectivity index (χ1n) is 9.24. The Bertz CT molecular complexity index is 904. The number of hydrogen-bond donors (Lipinski definition) is 0. The Morgan fingerprint density at radius 3 is 2.18 bits per heavy atom. The fraction of sp³-hybridized carbons (Fsp3) is 0.381. The van der Waals surface area contributed by atoms with Gasteiger partial charge in [0.2, 0.25) is 10.0 Å². The lowest BCUT2D eigenvalue weighted by atomic mass is 9.64. The summed E-state index contributed by atoms with van der Waals surface area (Å²) in [7, 11) is -0.492. The Kier molecular flexibility index (Phi) is 6.05. The Hall–Kier alpha value is -2.38. The van der Waals surface area contributed by atoms with Gasteiger partial charge in [-0.05, 0) is 42.7 Å². The Balaban J connectivity index is 1.51. The summed E-state index contributed by atoms with van der Waals surface area (Å²) in [6, 6.07) is 15.9. The van der Waals surface area contributed by atoms with Gasteiger partial charge in [0.05, 0.1) is 10.3 Å². The second kappa shape index (κ2) is 8.32. The summed E-state index contributed by atoms with van der Waals surface area (Å²) in [5.41, 5.74) is 0.480. The molecular formula is C21H25NO5S. The van der Waals surface area contributed by atoms with Crippen molar-refractivity contribution >= 4 is 16.0 Å². The summed E-state index contributed by atoms with van der Waals surface area (Å²) >= 11 is 0. The molecule has 0 amide bonds. The third kappa shape index (κ3) is 4.05. The van der Waals surface area contributed by atoms with Crippen LogP contribution in [0.3, 0.4) is 0 Å². The van der Waals surface area contributed by atoms with E-state index in [2.05, 4.69) is 0 Å². The van der Waals surface area contributed by atoms with Crippen LogP contribution in [0.15, 0.2) is 59.5 Å². The molecule has 0 aromatic heterocycles. The van der Waals surface area contributed by atoms with Crippen molar-refractivity contribution in [3.05, 3.63) is 60.2 Å². The summed E-state index contributed by atoms with van der Waals surface area (Å²) in [5, 5.41) is 0. The van der Waals surface area contributed by atoms with Crippen molar-refractivity contribution in [1.29, 1.82) is 0 Å². The molecule has 0 unspecified atom stereocenters. The van der Waals surface area contributed by atoms with Crippen LogP contribution in [0.4, 0.5) is 0 Å². The van der Waals surface area contributed by atoms with Crippen LogP contribution in [0.1, 0.15) is 24.8 Å². The average molecular weight is 404 g/mol. The molecule has 0 radical (unpaired) electrons. The lowest BCUT2D eigenvalue weighted by Gasteiger charge is -2.39. The molecule has 0 N–H and O–H groups in total. The number of carbonyl (C=O) groups excluding carboxylic acids is 1. The third-order valence-corrected chi connectivity index (χ3v) is 6.94. The van der Waals surface area contributed by atoms with E-state index in [-0.39, 0.29) is 24.1 Å². The quantitative estimate of drug-likeness (QED) is 0.500. The minimum absolute atomic E-state index is 0.144. The zero-order chi connectivity index (χ0) is 20.2. The van der Waals surface area contributed by atoms with E-state index in [4.69, 9.17) is 9.47 Å². The molecule has 2 aromatic rings. The highest BCUT2D eigenvalue weighted by atomic mass is 32.2. The summed E-state index contributed by atoms with van der Waals surface area (Å²) < 4.78 is 36.3. The number of nitrogens with zero attached hydrogens (tertiary/aromatic N) is 1. The minimum Gasteiger partial charge on any atom is -0.490 e. The van der Waals surface area contributed by atoms with Crippen molar-refractivity contribution in [2.75, 3.05) is 27.3 Å². The maximum absolute atomic E-state index is 12.6. The van der Waals surface area contributed by atoms with Crippen LogP contribution in [-0.4, -0.2) is 46.0 Å². The van der Waals surface area contributed by atoms with Gasteiger partial charge in [0.1, 0.15) is 19.0 Å². The topological polar surface area (TPSA) is 72.9 Å². The average Bonchev–Trinajstić information content (AvgIpc) is 2.65. The first-order valence-corrected chi connectivity index (χ1v) is 10.7. The lowest BCUT2D eigenvalue weighted by Crippen LogP contribution is -2.44. The van der Waals surface area contributed by atoms with Crippen molar-refractivity contribution < 1.29 is 22.7 Å². The van der Waals surface area contributed by atoms with E-state index >= 15 is 0 Å². The maximum atomic E-state index is 12.6. The molecule has 0 aliphatic heterocycles. The van der Waals surface area contributed by atoms with Gasteiger partial charge in [-0.25, -0.2) is 12.7 Å². The predicted octanol–water partition coefficient (Wildman–Crippen LogP) is 2.98. The van der Waals surface area contributed by atoms with Crippen LogP contribution in [-0.2, 0) is 25.0 Å². The summed E-state index contributed by atoms with van der Waals surface area (Å²) in [4.78, 5) is 12.8. The second-order valence-electron chi connectivity index (χ2n) is 7.04. The van der Waals surface area contributed by atoms with Gasteiger partial charge in [-0.2, -0.15) is 0 Å². The Morgan fingerprint density at radius 1 is 1.00 bits per heavy atom.